The summed E-state index contributed by atoms with van der Waals surface area (Å²) in [5, 5.41) is 9.16. The lowest BCUT2D eigenvalue weighted by atomic mass is 10.3. The molecule has 3 nitrogen and oxygen atoms in total. The van der Waals surface area contributed by atoms with Gasteiger partial charge in [0.25, 0.3) is 0 Å². The maximum Gasteiger partial charge on any atom is 0.344 e. The highest BCUT2D eigenvalue weighted by Gasteiger charge is 2.15. The fourth-order valence-electron chi connectivity index (χ4n) is 0.816. The van der Waals surface area contributed by atoms with Crippen LogP contribution in [0.4, 0.5) is 0 Å². The van der Waals surface area contributed by atoms with E-state index in [0.29, 0.717) is 5.02 Å². The Hall–Kier alpha value is -0.930. The van der Waals surface area contributed by atoms with Crippen LogP contribution in [0.25, 0.3) is 0 Å². The molecule has 76 valence electrons. The fourth-order valence-corrected chi connectivity index (χ4v) is 1.15. The van der Waals surface area contributed by atoms with Gasteiger partial charge in [-0.25, -0.2) is 4.79 Å². The van der Waals surface area contributed by atoms with Gasteiger partial charge in [-0.3, -0.25) is 0 Å². The van der Waals surface area contributed by atoms with Gasteiger partial charge in [0.05, 0.1) is 5.02 Å². The molecule has 14 heavy (non-hydrogen) atoms. The molecule has 0 heterocycles. The first-order chi connectivity index (χ1) is 6.52. The zero-order valence-electron chi connectivity index (χ0n) is 7.33. The van der Waals surface area contributed by atoms with E-state index in [1.54, 1.807) is 18.2 Å². The molecule has 0 saturated heterocycles. The Morgan fingerprint density at radius 3 is 2.71 bits per heavy atom. The van der Waals surface area contributed by atoms with Crippen LogP contribution in [0.15, 0.2) is 18.2 Å². The van der Waals surface area contributed by atoms with Gasteiger partial charge in [0, 0.05) is 0 Å². The second-order valence-corrected chi connectivity index (χ2v) is 3.44. The number of halogens is 2. The summed E-state index contributed by atoms with van der Waals surface area (Å²) in [5.74, 6) is -0.782. The van der Waals surface area contributed by atoms with E-state index in [2.05, 4.69) is 0 Å². The summed E-state index contributed by atoms with van der Waals surface area (Å²) in [6.45, 7) is 1.42. The lowest BCUT2D eigenvalue weighted by Crippen LogP contribution is -2.22. The summed E-state index contributed by atoms with van der Waals surface area (Å²) in [5.41, 5.74) is 0. The van der Waals surface area contributed by atoms with E-state index in [1.807, 2.05) is 0 Å². The SMILES string of the molecule is C[C@H](Oc1cccc(Cl)c1Cl)C(=O)O. The van der Waals surface area contributed by atoms with Gasteiger partial charge in [0.2, 0.25) is 0 Å². The Labute approximate surface area is 91.2 Å². The molecule has 5 heteroatoms. The summed E-state index contributed by atoms with van der Waals surface area (Å²) < 4.78 is 5.07. The smallest absolute Gasteiger partial charge is 0.344 e. The van der Waals surface area contributed by atoms with Crippen LogP contribution < -0.4 is 4.74 Å². The highest BCUT2D eigenvalue weighted by Crippen LogP contribution is 2.31. The second-order valence-electron chi connectivity index (χ2n) is 2.65. The average molecular weight is 235 g/mol. The lowest BCUT2D eigenvalue weighted by Gasteiger charge is -2.11. The van der Waals surface area contributed by atoms with Crippen molar-refractivity contribution in [3.8, 4) is 5.75 Å². The van der Waals surface area contributed by atoms with Gasteiger partial charge in [-0.1, -0.05) is 29.3 Å². The van der Waals surface area contributed by atoms with E-state index in [1.165, 1.54) is 6.92 Å². The minimum absolute atomic E-state index is 0.224. The zero-order valence-corrected chi connectivity index (χ0v) is 8.84. The molecule has 1 aromatic rings. The predicted octanol–water partition coefficient (Wildman–Crippen LogP) is 2.85. The Kier molecular flexibility index (Phi) is 3.61. The topological polar surface area (TPSA) is 46.5 Å². The van der Waals surface area contributed by atoms with Gasteiger partial charge >= 0.3 is 5.97 Å². The van der Waals surface area contributed by atoms with Crippen LogP contribution in [-0.4, -0.2) is 17.2 Å². The van der Waals surface area contributed by atoms with Crippen molar-refractivity contribution in [1.29, 1.82) is 0 Å². The monoisotopic (exact) mass is 234 g/mol. The Morgan fingerprint density at radius 2 is 2.14 bits per heavy atom. The summed E-state index contributed by atoms with van der Waals surface area (Å²) >= 11 is 11.5. The number of rotatable bonds is 3. The third kappa shape index (κ3) is 2.53. The summed E-state index contributed by atoms with van der Waals surface area (Å²) in [6.07, 6.45) is -0.953. The van der Waals surface area contributed by atoms with Gasteiger partial charge < -0.3 is 9.84 Å². The normalized spacial score (nSPS) is 12.2. The Bertz CT molecular complexity index is 352. The molecule has 0 aliphatic carbocycles. The predicted molar refractivity (Wildman–Crippen MR) is 54.2 cm³/mol. The molecule has 0 fully saturated rings. The van der Waals surface area contributed by atoms with Crippen LogP contribution in [0.1, 0.15) is 6.92 Å². The Balaban J connectivity index is 2.87. The molecule has 1 rings (SSSR count). The zero-order chi connectivity index (χ0) is 10.7. The fraction of sp³-hybridized carbons (Fsp3) is 0.222. The molecule has 0 aliphatic rings. The van der Waals surface area contributed by atoms with E-state index in [9.17, 15) is 4.79 Å². The minimum Gasteiger partial charge on any atom is -0.479 e. The summed E-state index contributed by atoms with van der Waals surface area (Å²) in [7, 11) is 0. The van der Waals surface area contributed by atoms with Crippen molar-refractivity contribution in [3.63, 3.8) is 0 Å². The first-order valence-corrected chi connectivity index (χ1v) is 4.61. The average Bonchev–Trinajstić information content (AvgIpc) is 2.12. The molecule has 0 radical (unpaired) electrons. The molecule has 0 aromatic heterocycles. The van der Waals surface area contributed by atoms with E-state index in [-0.39, 0.29) is 10.8 Å². The van der Waals surface area contributed by atoms with Crippen LogP contribution in [0.2, 0.25) is 10.0 Å². The lowest BCUT2D eigenvalue weighted by molar-refractivity contribution is -0.144. The van der Waals surface area contributed by atoms with Crippen molar-refractivity contribution in [2.75, 3.05) is 0 Å². The molecule has 1 N–H and O–H groups in total. The molecule has 0 spiro atoms. The van der Waals surface area contributed by atoms with Crippen molar-refractivity contribution in [3.05, 3.63) is 28.2 Å². The summed E-state index contributed by atoms with van der Waals surface area (Å²) in [4.78, 5) is 10.5. The third-order valence-electron chi connectivity index (χ3n) is 1.57. The number of carbonyl (C=O) groups is 1. The summed E-state index contributed by atoms with van der Waals surface area (Å²) in [6, 6.07) is 4.80. The second kappa shape index (κ2) is 4.53. The number of benzene rings is 1. The standard InChI is InChI=1S/C9H8Cl2O3/c1-5(9(12)13)14-7-4-2-3-6(10)8(7)11/h2-5H,1H3,(H,12,13)/t5-/m0/s1. The van der Waals surface area contributed by atoms with Crippen molar-refractivity contribution < 1.29 is 14.6 Å². The van der Waals surface area contributed by atoms with E-state index < -0.39 is 12.1 Å². The van der Waals surface area contributed by atoms with Gasteiger partial charge in [0.15, 0.2) is 6.10 Å². The molecule has 1 atom stereocenters. The van der Waals surface area contributed by atoms with Crippen molar-refractivity contribution in [2.24, 2.45) is 0 Å². The molecule has 0 bridgehead atoms. The number of carboxylic acids is 1. The van der Waals surface area contributed by atoms with Gasteiger partial charge in [-0.05, 0) is 19.1 Å². The molecular formula is C9H8Cl2O3. The third-order valence-corrected chi connectivity index (χ3v) is 2.37. The van der Waals surface area contributed by atoms with Crippen LogP contribution >= 0.6 is 23.2 Å². The van der Waals surface area contributed by atoms with Gasteiger partial charge in [-0.2, -0.15) is 0 Å². The number of hydrogen-bond donors (Lipinski definition) is 1. The quantitative estimate of drug-likeness (QED) is 0.876. The molecule has 0 saturated carbocycles. The van der Waals surface area contributed by atoms with Crippen LogP contribution in [0, 0.1) is 0 Å². The Morgan fingerprint density at radius 1 is 1.50 bits per heavy atom. The van der Waals surface area contributed by atoms with E-state index in [4.69, 9.17) is 33.0 Å². The van der Waals surface area contributed by atoms with Crippen molar-refractivity contribution in [1.82, 2.24) is 0 Å². The van der Waals surface area contributed by atoms with Crippen LogP contribution in [0.3, 0.4) is 0 Å². The van der Waals surface area contributed by atoms with Crippen molar-refractivity contribution >= 4 is 29.2 Å². The maximum atomic E-state index is 10.5. The largest absolute Gasteiger partial charge is 0.479 e. The van der Waals surface area contributed by atoms with E-state index >= 15 is 0 Å². The first kappa shape index (κ1) is 11.1. The number of hydrogen-bond acceptors (Lipinski definition) is 2. The first-order valence-electron chi connectivity index (χ1n) is 3.86. The van der Waals surface area contributed by atoms with Crippen LogP contribution in [-0.2, 0) is 4.79 Å². The van der Waals surface area contributed by atoms with Gasteiger partial charge in [0.1, 0.15) is 10.8 Å². The van der Waals surface area contributed by atoms with Gasteiger partial charge in [-0.15, -0.1) is 0 Å². The number of aliphatic carboxylic acids is 1. The molecule has 1 aromatic carbocycles. The molecule has 0 amide bonds. The molecular weight excluding hydrogens is 227 g/mol. The number of carboxylic acid groups (broad SMARTS) is 1. The molecule has 0 unspecified atom stereocenters. The number of ether oxygens (including phenoxy) is 1. The maximum absolute atomic E-state index is 10.5. The molecule has 0 aliphatic heterocycles. The van der Waals surface area contributed by atoms with Crippen LogP contribution in [0.5, 0.6) is 5.75 Å². The highest BCUT2D eigenvalue weighted by atomic mass is 35.5. The minimum atomic E-state index is -1.05. The van der Waals surface area contributed by atoms with E-state index in [0.717, 1.165) is 0 Å². The van der Waals surface area contributed by atoms with Crippen molar-refractivity contribution in [2.45, 2.75) is 13.0 Å². The highest BCUT2D eigenvalue weighted by molar-refractivity contribution is 6.42.